The van der Waals surface area contributed by atoms with Gasteiger partial charge in [-0.2, -0.15) is 0 Å². The van der Waals surface area contributed by atoms with Gasteiger partial charge in [0.1, 0.15) is 17.4 Å². The third-order valence-corrected chi connectivity index (χ3v) is 4.58. The number of rotatable bonds is 2. The summed E-state index contributed by atoms with van der Waals surface area (Å²) in [7, 11) is 1.93. The lowest BCUT2D eigenvalue weighted by Crippen LogP contribution is -2.49. The molecule has 4 rings (SSSR count). The lowest BCUT2D eigenvalue weighted by molar-refractivity contribution is 0.0590. The molecule has 132 valence electrons. The van der Waals surface area contributed by atoms with Crippen molar-refractivity contribution in [3.05, 3.63) is 53.3 Å². The van der Waals surface area contributed by atoms with Gasteiger partial charge in [-0.1, -0.05) is 11.6 Å². The summed E-state index contributed by atoms with van der Waals surface area (Å²) in [5.41, 5.74) is 0.659. The minimum absolute atomic E-state index is 0. The topological polar surface area (TPSA) is 63.3 Å². The summed E-state index contributed by atoms with van der Waals surface area (Å²) in [4.78, 5) is 19.2. The number of amides is 1. The molecule has 1 aromatic carbocycles. The summed E-state index contributed by atoms with van der Waals surface area (Å²) >= 11 is 6.01. The van der Waals surface area contributed by atoms with Gasteiger partial charge in [0, 0.05) is 49.5 Å². The highest BCUT2D eigenvalue weighted by atomic mass is 35.5. The summed E-state index contributed by atoms with van der Waals surface area (Å²) in [6.07, 6.45) is 3.63. The molecule has 2 aromatic heterocycles. The Hall–Kier alpha value is -2.02. The Bertz CT molecular complexity index is 905. The van der Waals surface area contributed by atoms with E-state index in [1.165, 1.54) is 0 Å². The lowest BCUT2D eigenvalue weighted by Gasteiger charge is -2.35. The van der Waals surface area contributed by atoms with E-state index in [0.29, 0.717) is 29.5 Å². The normalized spacial score (nSPS) is 17.5. The fraction of sp³-hybridized carbons (Fsp3) is 0.294. The number of benzene rings is 1. The summed E-state index contributed by atoms with van der Waals surface area (Å²) < 4.78 is 7.68. The first-order valence-corrected chi connectivity index (χ1v) is 8.19. The minimum Gasteiger partial charge on any atom is -0.451 e. The van der Waals surface area contributed by atoms with Crippen molar-refractivity contribution in [1.82, 2.24) is 19.8 Å². The number of carbonyl (C=O) groups is 1. The van der Waals surface area contributed by atoms with Gasteiger partial charge in [-0.15, -0.1) is 12.4 Å². The Morgan fingerprint density at radius 2 is 2.24 bits per heavy atom. The number of nitrogens with one attached hydrogen (secondary N) is 1. The van der Waals surface area contributed by atoms with Gasteiger partial charge in [-0.3, -0.25) is 4.79 Å². The number of imidazole rings is 1. The van der Waals surface area contributed by atoms with Crippen molar-refractivity contribution >= 4 is 40.9 Å². The van der Waals surface area contributed by atoms with Gasteiger partial charge in [-0.25, -0.2) is 4.98 Å². The van der Waals surface area contributed by atoms with Crippen molar-refractivity contribution in [2.45, 2.75) is 6.04 Å². The molecule has 25 heavy (non-hydrogen) atoms. The van der Waals surface area contributed by atoms with E-state index >= 15 is 0 Å². The summed E-state index contributed by atoms with van der Waals surface area (Å²) in [6.45, 7) is 2.02. The van der Waals surface area contributed by atoms with Crippen LogP contribution in [0.4, 0.5) is 0 Å². The Balaban J connectivity index is 0.00000182. The van der Waals surface area contributed by atoms with Gasteiger partial charge in [0.2, 0.25) is 0 Å². The maximum absolute atomic E-state index is 13.0. The highest BCUT2D eigenvalue weighted by Gasteiger charge is 2.32. The Labute approximate surface area is 156 Å². The molecule has 6 nitrogen and oxygen atoms in total. The molecule has 0 saturated carbocycles. The number of hydrogen-bond acceptors (Lipinski definition) is 4. The second-order valence-corrected chi connectivity index (χ2v) is 6.34. The molecule has 3 heterocycles. The summed E-state index contributed by atoms with van der Waals surface area (Å²) in [5.74, 6) is 1.06. The number of carbonyl (C=O) groups excluding carboxylic acids is 1. The zero-order valence-electron chi connectivity index (χ0n) is 13.6. The molecule has 1 fully saturated rings. The second kappa shape index (κ2) is 7.07. The van der Waals surface area contributed by atoms with E-state index in [1.807, 2.05) is 22.7 Å². The molecule has 8 heteroatoms. The van der Waals surface area contributed by atoms with Crippen LogP contribution in [0.5, 0.6) is 0 Å². The van der Waals surface area contributed by atoms with E-state index in [0.717, 1.165) is 17.8 Å². The molecule has 1 aliphatic rings. The van der Waals surface area contributed by atoms with Crippen LogP contribution < -0.4 is 5.32 Å². The quantitative estimate of drug-likeness (QED) is 0.741. The molecule has 1 saturated heterocycles. The lowest BCUT2D eigenvalue weighted by atomic mass is 10.1. The summed E-state index contributed by atoms with van der Waals surface area (Å²) in [5, 5.41) is 4.77. The van der Waals surface area contributed by atoms with E-state index < -0.39 is 0 Å². The third kappa shape index (κ3) is 3.25. The zero-order valence-corrected chi connectivity index (χ0v) is 15.2. The standard InChI is InChI=1S/C17H17ClN4O2.ClH/c1-21-6-5-20-16(21)13-10-19-4-7-22(13)17(23)15-9-11-8-12(18)2-3-14(11)24-15;/h2-3,5-6,8-9,13,19H,4,7,10H2,1H3;1H. The summed E-state index contributed by atoms with van der Waals surface area (Å²) in [6, 6.07) is 6.96. The van der Waals surface area contributed by atoms with E-state index in [-0.39, 0.29) is 24.4 Å². The monoisotopic (exact) mass is 380 g/mol. The van der Waals surface area contributed by atoms with Crippen molar-refractivity contribution in [3.8, 4) is 0 Å². The first kappa shape index (κ1) is 17.8. The average Bonchev–Trinajstić information content (AvgIpc) is 3.19. The Morgan fingerprint density at radius 1 is 1.40 bits per heavy atom. The van der Waals surface area contributed by atoms with Gasteiger partial charge in [0.15, 0.2) is 5.76 Å². The van der Waals surface area contributed by atoms with E-state index in [2.05, 4.69) is 10.3 Å². The van der Waals surface area contributed by atoms with Gasteiger partial charge in [0.25, 0.3) is 5.91 Å². The molecule has 1 N–H and O–H groups in total. The van der Waals surface area contributed by atoms with Crippen LogP contribution in [0.3, 0.4) is 0 Å². The van der Waals surface area contributed by atoms with Crippen LogP contribution in [0.1, 0.15) is 22.4 Å². The van der Waals surface area contributed by atoms with Crippen LogP contribution in [0.25, 0.3) is 11.0 Å². The van der Waals surface area contributed by atoms with Crippen LogP contribution in [0.15, 0.2) is 41.1 Å². The number of fused-ring (bicyclic) bond motifs is 1. The fourth-order valence-corrected chi connectivity index (χ4v) is 3.32. The number of nitrogens with zero attached hydrogens (tertiary/aromatic N) is 3. The van der Waals surface area contributed by atoms with Crippen molar-refractivity contribution in [1.29, 1.82) is 0 Å². The SMILES string of the molecule is Cl.Cn1ccnc1C1CNCCN1C(=O)c1cc2cc(Cl)ccc2o1. The van der Waals surface area contributed by atoms with Gasteiger partial charge in [-0.05, 0) is 24.3 Å². The van der Waals surface area contributed by atoms with Gasteiger partial charge >= 0.3 is 0 Å². The largest absolute Gasteiger partial charge is 0.451 e. The molecule has 1 unspecified atom stereocenters. The maximum Gasteiger partial charge on any atom is 0.290 e. The van der Waals surface area contributed by atoms with Crippen molar-refractivity contribution in [3.63, 3.8) is 0 Å². The van der Waals surface area contributed by atoms with E-state index in [9.17, 15) is 4.79 Å². The number of piperazine rings is 1. The predicted octanol–water partition coefficient (Wildman–Crippen LogP) is 3.03. The fourth-order valence-electron chi connectivity index (χ4n) is 3.14. The predicted molar refractivity (Wildman–Crippen MR) is 98.3 cm³/mol. The number of aryl methyl sites for hydroxylation is 1. The van der Waals surface area contributed by atoms with Crippen LogP contribution in [0, 0.1) is 0 Å². The first-order valence-electron chi connectivity index (χ1n) is 7.81. The van der Waals surface area contributed by atoms with Crippen molar-refractivity contribution < 1.29 is 9.21 Å². The van der Waals surface area contributed by atoms with Crippen LogP contribution in [-0.2, 0) is 7.05 Å². The van der Waals surface area contributed by atoms with Crippen LogP contribution in [0.2, 0.25) is 5.02 Å². The number of hydrogen-bond donors (Lipinski definition) is 1. The minimum atomic E-state index is -0.128. The molecular weight excluding hydrogens is 363 g/mol. The molecule has 1 amide bonds. The molecule has 0 bridgehead atoms. The van der Waals surface area contributed by atoms with Crippen LogP contribution >= 0.6 is 24.0 Å². The number of aromatic nitrogens is 2. The third-order valence-electron chi connectivity index (χ3n) is 4.35. The highest BCUT2D eigenvalue weighted by Crippen LogP contribution is 2.27. The average molecular weight is 381 g/mol. The molecule has 0 spiro atoms. The molecule has 3 aromatic rings. The maximum atomic E-state index is 13.0. The van der Waals surface area contributed by atoms with Crippen LogP contribution in [-0.4, -0.2) is 40.0 Å². The molecule has 1 aliphatic heterocycles. The smallest absolute Gasteiger partial charge is 0.290 e. The molecule has 0 radical (unpaired) electrons. The second-order valence-electron chi connectivity index (χ2n) is 5.91. The molecular formula is C17H18Cl2N4O2. The van der Waals surface area contributed by atoms with Crippen molar-refractivity contribution in [2.75, 3.05) is 19.6 Å². The Kier molecular flexibility index (Phi) is 5.03. The molecule has 1 atom stereocenters. The van der Waals surface area contributed by atoms with E-state index in [1.54, 1.807) is 30.5 Å². The zero-order chi connectivity index (χ0) is 16.7. The van der Waals surface area contributed by atoms with Gasteiger partial charge in [0.05, 0.1) is 0 Å². The number of halogens is 2. The molecule has 0 aliphatic carbocycles. The first-order chi connectivity index (χ1) is 11.6. The van der Waals surface area contributed by atoms with Crippen molar-refractivity contribution in [2.24, 2.45) is 7.05 Å². The number of furan rings is 1. The van der Waals surface area contributed by atoms with E-state index in [4.69, 9.17) is 16.0 Å². The highest BCUT2D eigenvalue weighted by molar-refractivity contribution is 6.31. The van der Waals surface area contributed by atoms with Gasteiger partial charge < -0.3 is 19.2 Å². The Morgan fingerprint density at radius 3 is 3.00 bits per heavy atom.